The number of hydrogen-bond donors (Lipinski definition) is 1. The maximum absolute atomic E-state index is 10.6. The highest BCUT2D eigenvalue weighted by Crippen LogP contribution is 2.15. The van der Waals surface area contributed by atoms with Gasteiger partial charge in [0.15, 0.2) is 0 Å². The first-order valence-corrected chi connectivity index (χ1v) is 5.88. The van der Waals surface area contributed by atoms with E-state index in [1.807, 2.05) is 0 Å². The van der Waals surface area contributed by atoms with E-state index < -0.39 is 0 Å². The molecule has 0 spiro atoms. The Labute approximate surface area is 97.7 Å². The van der Waals surface area contributed by atoms with Crippen molar-refractivity contribution in [3.63, 3.8) is 0 Å². The molecule has 93 valence electrons. The van der Waals surface area contributed by atoms with Crippen LogP contribution in [-0.4, -0.2) is 27.2 Å². The second kappa shape index (κ2) is 9.27. The minimum atomic E-state index is 0.117. The van der Waals surface area contributed by atoms with E-state index in [0.29, 0.717) is 11.8 Å². The topological polar surface area (TPSA) is 74.4 Å². The Hall–Kier alpha value is -0.970. The fourth-order valence-corrected chi connectivity index (χ4v) is 1.55. The summed E-state index contributed by atoms with van der Waals surface area (Å²) in [6.45, 7) is 8.41. The fraction of sp³-hybridized carbons (Fsp3) is 0.909. The van der Waals surface area contributed by atoms with Gasteiger partial charge in [-0.05, 0) is 42.0 Å². The fourth-order valence-electron chi connectivity index (χ4n) is 1.55. The van der Waals surface area contributed by atoms with E-state index in [1.54, 1.807) is 6.92 Å². The number of aromatic nitrogens is 4. The second-order valence-electron chi connectivity index (χ2n) is 4.44. The van der Waals surface area contributed by atoms with E-state index >= 15 is 0 Å². The molecule has 0 saturated carbocycles. The average Bonchev–Trinajstić information content (AvgIpc) is 2.69. The van der Waals surface area contributed by atoms with Crippen molar-refractivity contribution in [1.29, 1.82) is 0 Å². The number of tetrazole rings is 1. The molecule has 0 saturated heterocycles. The van der Waals surface area contributed by atoms with Crippen LogP contribution in [0.2, 0.25) is 0 Å². The van der Waals surface area contributed by atoms with E-state index in [4.69, 9.17) is 0 Å². The van der Waals surface area contributed by atoms with Gasteiger partial charge in [-0.1, -0.05) is 27.2 Å². The Morgan fingerprint density at radius 2 is 2.06 bits per heavy atom. The quantitative estimate of drug-likeness (QED) is 0.839. The van der Waals surface area contributed by atoms with Crippen LogP contribution in [-0.2, 0) is 5.11 Å². The zero-order valence-electron chi connectivity index (χ0n) is 10.7. The summed E-state index contributed by atoms with van der Waals surface area (Å²) in [5, 5.41) is 23.2. The van der Waals surface area contributed by atoms with Crippen LogP contribution in [0.25, 0.3) is 0 Å². The standard InChI is InChI=1S/C9H19O.C2H4N4/c1-4-5-9(7-10)6-8(2)3;1-2-3-5-6-4-2/h8-9H,4-7H2,1-3H3;1H3,(H,3,4,5,6). The maximum Gasteiger partial charge on any atom is 0.145 e. The highest BCUT2D eigenvalue weighted by atomic mass is 16.3. The van der Waals surface area contributed by atoms with E-state index in [9.17, 15) is 5.11 Å². The molecule has 0 aliphatic rings. The molecule has 0 aromatic carbocycles. The Bertz CT molecular complexity index is 236. The molecule has 16 heavy (non-hydrogen) atoms. The maximum atomic E-state index is 10.6. The van der Waals surface area contributed by atoms with Crippen LogP contribution in [0.4, 0.5) is 0 Å². The highest BCUT2D eigenvalue weighted by molar-refractivity contribution is 4.63. The Morgan fingerprint density at radius 1 is 1.38 bits per heavy atom. The van der Waals surface area contributed by atoms with Gasteiger partial charge < -0.3 is 0 Å². The molecule has 1 unspecified atom stereocenters. The van der Waals surface area contributed by atoms with Crippen LogP contribution in [0, 0.1) is 18.8 Å². The molecule has 0 aliphatic carbocycles. The highest BCUT2D eigenvalue weighted by Gasteiger charge is 2.08. The van der Waals surface area contributed by atoms with Crippen molar-refractivity contribution in [2.24, 2.45) is 11.8 Å². The molecular weight excluding hydrogens is 204 g/mol. The molecule has 1 rings (SSSR count). The number of nitrogens with zero attached hydrogens (tertiary/aromatic N) is 3. The van der Waals surface area contributed by atoms with Crippen molar-refractivity contribution in [3.8, 4) is 0 Å². The second-order valence-corrected chi connectivity index (χ2v) is 4.44. The Kier molecular flexibility index (Phi) is 8.71. The van der Waals surface area contributed by atoms with Crippen LogP contribution in [0.5, 0.6) is 0 Å². The van der Waals surface area contributed by atoms with Gasteiger partial charge in [-0.3, -0.25) is 0 Å². The zero-order chi connectivity index (χ0) is 12.4. The normalized spacial score (nSPS) is 12.1. The number of rotatable bonds is 5. The van der Waals surface area contributed by atoms with Gasteiger partial charge in [0.2, 0.25) is 0 Å². The summed E-state index contributed by atoms with van der Waals surface area (Å²) >= 11 is 0. The summed E-state index contributed by atoms with van der Waals surface area (Å²) in [4.78, 5) is 0. The van der Waals surface area contributed by atoms with Crippen molar-refractivity contribution >= 4 is 0 Å². The minimum Gasteiger partial charge on any atom is -0.243 e. The van der Waals surface area contributed by atoms with Gasteiger partial charge in [0.25, 0.3) is 0 Å². The van der Waals surface area contributed by atoms with E-state index in [-0.39, 0.29) is 6.61 Å². The third kappa shape index (κ3) is 8.35. The number of hydrogen-bond acceptors (Lipinski definition) is 3. The third-order valence-corrected chi connectivity index (χ3v) is 2.19. The molecule has 1 heterocycles. The Balaban J connectivity index is 0.000000315. The van der Waals surface area contributed by atoms with Crippen LogP contribution in [0.15, 0.2) is 0 Å². The van der Waals surface area contributed by atoms with Crippen LogP contribution < -0.4 is 0 Å². The Morgan fingerprint density at radius 3 is 2.31 bits per heavy atom. The molecular formula is C11H23N4O. The van der Waals surface area contributed by atoms with E-state index in [1.165, 1.54) is 0 Å². The van der Waals surface area contributed by atoms with Crippen LogP contribution >= 0.6 is 0 Å². The first-order chi connectivity index (χ1) is 7.60. The molecule has 0 bridgehead atoms. The van der Waals surface area contributed by atoms with Gasteiger partial charge in [-0.25, -0.2) is 10.2 Å². The molecule has 1 N–H and O–H groups in total. The van der Waals surface area contributed by atoms with Crippen molar-refractivity contribution in [2.45, 2.75) is 47.0 Å². The molecule has 5 nitrogen and oxygen atoms in total. The summed E-state index contributed by atoms with van der Waals surface area (Å²) in [6, 6.07) is 0. The lowest BCUT2D eigenvalue weighted by atomic mass is 9.94. The lowest BCUT2D eigenvalue weighted by Crippen LogP contribution is -2.07. The number of nitrogens with one attached hydrogen (secondary N) is 1. The van der Waals surface area contributed by atoms with Gasteiger partial charge in [0.05, 0.1) is 6.61 Å². The van der Waals surface area contributed by atoms with Gasteiger partial charge in [0.1, 0.15) is 5.82 Å². The van der Waals surface area contributed by atoms with Crippen molar-refractivity contribution in [2.75, 3.05) is 6.61 Å². The molecule has 1 aromatic rings. The first kappa shape index (κ1) is 15.0. The predicted octanol–water partition coefficient (Wildman–Crippen LogP) is 2.39. The van der Waals surface area contributed by atoms with E-state index in [0.717, 1.165) is 25.1 Å². The lowest BCUT2D eigenvalue weighted by molar-refractivity contribution is 0.126. The first-order valence-electron chi connectivity index (χ1n) is 5.88. The third-order valence-electron chi connectivity index (χ3n) is 2.19. The van der Waals surface area contributed by atoms with Crippen LogP contribution in [0.3, 0.4) is 0 Å². The summed E-state index contributed by atoms with van der Waals surface area (Å²) in [5.41, 5.74) is 0. The van der Waals surface area contributed by atoms with Gasteiger partial charge >= 0.3 is 0 Å². The summed E-state index contributed by atoms with van der Waals surface area (Å²) in [7, 11) is 0. The van der Waals surface area contributed by atoms with Crippen molar-refractivity contribution < 1.29 is 5.11 Å². The molecule has 5 heteroatoms. The number of aryl methyl sites for hydroxylation is 1. The minimum absolute atomic E-state index is 0.117. The lowest BCUT2D eigenvalue weighted by Gasteiger charge is -2.13. The molecule has 0 fully saturated rings. The van der Waals surface area contributed by atoms with Crippen molar-refractivity contribution in [3.05, 3.63) is 5.82 Å². The largest absolute Gasteiger partial charge is 0.243 e. The number of aromatic amines is 1. The van der Waals surface area contributed by atoms with Crippen molar-refractivity contribution in [1.82, 2.24) is 20.6 Å². The van der Waals surface area contributed by atoms with Crippen LogP contribution in [0.1, 0.15) is 45.9 Å². The summed E-state index contributed by atoms with van der Waals surface area (Å²) in [6.07, 6.45) is 3.37. The smallest absolute Gasteiger partial charge is 0.145 e. The number of H-pyrrole nitrogens is 1. The van der Waals surface area contributed by atoms with Gasteiger partial charge in [0, 0.05) is 0 Å². The molecule has 1 atom stereocenters. The monoisotopic (exact) mass is 227 g/mol. The molecule has 0 aliphatic heterocycles. The average molecular weight is 227 g/mol. The van der Waals surface area contributed by atoms with Gasteiger partial charge in [-0.2, -0.15) is 0 Å². The SMILES string of the molecule is CCCC(C[O])CC(C)C.Cc1nnn[nH]1. The molecule has 0 amide bonds. The zero-order valence-corrected chi connectivity index (χ0v) is 10.7. The summed E-state index contributed by atoms with van der Waals surface area (Å²) in [5.74, 6) is 1.87. The van der Waals surface area contributed by atoms with E-state index in [2.05, 4.69) is 41.4 Å². The molecule has 1 radical (unpaired) electrons. The van der Waals surface area contributed by atoms with Gasteiger partial charge in [-0.15, -0.1) is 5.10 Å². The molecule has 1 aromatic heterocycles. The predicted molar refractivity (Wildman–Crippen MR) is 62.3 cm³/mol. The summed E-state index contributed by atoms with van der Waals surface area (Å²) < 4.78 is 0.